The average Bonchev–Trinajstić information content (AvgIpc) is 2.56. The van der Waals surface area contributed by atoms with Gasteiger partial charge in [-0.25, -0.2) is 9.18 Å². The Kier molecular flexibility index (Phi) is 6.23. The molecule has 1 atom stereocenters. The molecule has 1 saturated carbocycles. The Morgan fingerprint density at radius 2 is 1.70 bits per heavy atom. The summed E-state index contributed by atoms with van der Waals surface area (Å²) in [7, 11) is 0. The van der Waals surface area contributed by atoms with Crippen molar-refractivity contribution in [1.29, 1.82) is 0 Å². The lowest BCUT2D eigenvalue weighted by molar-refractivity contribution is -0.132. The van der Waals surface area contributed by atoms with E-state index < -0.39 is 17.2 Å². The Bertz CT molecular complexity index is 700. The molecule has 1 aliphatic carbocycles. The van der Waals surface area contributed by atoms with Crippen molar-refractivity contribution in [2.24, 2.45) is 0 Å². The van der Waals surface area contributed by atoms with Gasteiger partial charge in [0.2, 0.25) is 5.91 Å². The van der Waals surface area contributed by atoms with Crippen LogP contribution >= 0.6 is 0 Å². The van der Waals surface area contributed by atoms with Crippen LogP contribution in [0.4, 0.5) is 9.18 Å². The van der Waals surface area contributed by atoms with Crippen LogP contribution in [0.2, 0.25) is 0 Å². The van der Waals surface area contributed by atoms with Crippen LogP contribution in [-0.4, -0.2) is 28.9 Å². The second kappa shape index (κ2) is 8.06. The highest BCUT2D eigenvalue weighted by molar-refractivity contribution is 5.93. The molecule has 1 unspecified atom stereocenters. The second-order valence-corrected chi connectivity index (χ2v) is 7.99. The Labute approximate surface area is 158 Å². The Morgan fingerprint density at radius 1 is 1.15 bits per heavy atom. The highest BCUT2D eigenvalue weighted by Gasteiger charge is 2.44. The van der Waals surface area contributed by atoms with E-state index in [0.29, 0.717) is 0 Å². The molecule has 2 amide bonds. The summed E-state index contributed by atoms with van der Waals surface area (Å²) in [6, 6.07) is 5.46. The lowest BCUT2D eigenvalue weighted by Crippen LogP contribution is -2.61. The number of carbonyl (C=O) groups excluding carboxylic acids is 3. The number of hydrogen-bond donors (Lipinski definition) is 2. The summed E-state index contributed by atoms with van der Waals surface area (Å²) in [4.78, 5) is 36.9. The standard InChI is InChI=1S/C20H27FN2O4/c1-13(14-5-7-15(21)8-6-14)22-17(25)20(11-9-16(24)10-12-20)23-18(26)27-19(2,3)4/h5-8,13H,9-12H2,1-4H3,(H,22,25)(H,23,26). The fourth-order valence-corrected chi connectivity index (χ4v) is 3.03. The third-order valence-electron chi connectivity index (χ3n) is 4.55. The molecule has 1 aromatic carbocycles. The van der Waals surface area contributed by atoms with E-state index in [1.807, 2.05) is 0 Å². The molecule has 0 heterocycles. The van der Waals surface area contributed by atoms with Crippen molar-refractivity contribution in [2.45, 2.75) is 70.6 Å². The summed E-state index contributed by atoms with van der Waals surface area (Å²) >= 11 is 0. The van der Waals surface area contributed by atoms with Crippen LogP contribution in [0.15, 0.2) is 24.3 Å². The van der Waals surface area contributed by atoms with E-state index in [4.69, 9.17) is 4.74 Å². The number of rotatable bonds is 4. The van der Waals surface area contributed by atoms with E-state index in [-0.39, 0.29) is 49.2 Å². The van der Waals surface area contributed by atoms with Crippen LogP contribution in [-0.2, 0) is 14.3 Å². The molecule has 0 saturated heterocycles. The lowest BCUT2D eigenvalue weighted by Gasteiger charge is -2.37. The molecule has 148 valence electrons. The molecule has 0 bridgehead atoms. The number of amides is 2. The molecule has 0 spiro atoms. The largest absolute Gasteiger partial charge is 0.444 e. The first-order valence-corrected chi connectivity index (χ1v) is 9.10. The smallest absolute Gasteiger partial charge is 0.408 e. The summed E-state index contributed by atoms with van der Waals surface area (Å²) in [5, 5.41) is 5.56. The molecule has 2 rings (SSSR count). The molecule has 1 aliphatic rings. The van der Waals surface area contributed by atoms with Gasteiger partial charge in [-0.05, 0) is 58.2 Å². The van der Waals surface area contributed by atoms with Crippen molar-refractivity contribution in [2.75, 3.05) is 0 Å². The van der Waals surface area contributed by atoms with Crippen LogP contribution in [0.25, 0.3) is 0 Å². The number of hydrogen-bond acceptors (Lipinski definition) is 4. The van der Waals surface area contributed by atoms with Crippen molar-refractivity contribution in [3.63, 3.8) is 0 Å². The summed E-state index contributed by atoms with van der Waals surface area (Å²) in [6.45, 7) is 6.99. The number of Topliss-reactive ketones (excluding diaryl/α,β-unsaturated/α-hetero) is 1. The van der Waals surface area contributed by atoms with Crippen molar-refractivity contribution in [1.82, 2.24) is 10.6 Å². The second-order valence-electron chi connectivity index (χ2n) is 7.99. The first-order chi connectivity index (χ1) is 12.5. The van der Waals surface area contributed by atoms with E-state index in [1.54, 1.807) is 39.8 Å². The van der Waals surface area contributed by atoms with Gasteiger partial charge in [-0.1, -0.05) is 12.1 Å². The molecule has 0 radical (unpaired) electrons. The zero-order valence-corrected chi connectivity index (χ0v) is 16.2. The maximum absolute atomic E-state index is 13.1. The van der Waals surface area contributed by atoms with Gasteiger partial charge in [0.1, 0.15) is 22.7 Å². The normalized spacial score (nSPS) is 17.7. The molecular formula is C20H27FN2O4. The van der Waals surface area contributed by atoms with E-state index >= 15 is 0 Å². The van der Waals surface area contributed by atoms with Gasteiger partial charge >= 0.3 is 6.09 Å². The van der Waals surface area contributed by atoms with Gasteiger partial charge in [-0.15, -0.1) is 0 Å². The number of ketones is 1. The van der Waals surface area contributed by atoms with E-state index in [1.165, 1.54) is 12.1 Å². The van der Waals surface area contributed by atoms with Gasteiger partial charge in [-0.2, -0.15) is 0 Å². The molecule has 1 aromatic rings. The SMILES string of the molecule is CC(NC(=O)C1(NC(=O)OC(C)(C)C)CCC(=O)CC1)c1ccc(F)cc1. The van der Waals surface area contributed by atoms with E-state index in [0.717, 1.165) is 5.56 Å². The summed E-state index contributed by atoms with van der Waals surface area (Å²) in [5.74, 6) is -0.667. The Morgan fingerprint density at radius 3 is 2.22 bits per heavy atom. The topological polar surface area (TPSA) is 84.5 Å². The number of alkyl carbamates (subject to hydrolysis) is 1. The van der Waals surface area contributed by atoms with Crippen molar-refractivity contribution < 1.29 is 23.5 Å². The maximum atomic E-state index is 13.1. The van der Waals surface area contributed by atoms with Crippen molar-refractivity contribution in [3.05, 3.63) is 35.6 Å². The number of benzene rings is 1. The fraction of sp³-hybridized carbons (Fsp3) is 0.550. The third-order valence-corrected chi connectivity index (χ3v) is 4.55. The zero-order chi connectivity index (χ0) is 20.2. The predicted molar refractivity (Wildman–Crippen MR) is 98.5 cm³/mol. The van der Waals surface area contributed by atoms with Gasteiger partial charge in [0.05, 0.1) is 6.04 Å². The highest BCUT2D eigenvalue weighted by Crippen LogP contribution is 2.28. The molecule has 6 nitrogen and oxygen atoms in total. The first-order valence-electron chi connectivity index (χ1n) is 9.10. The minimum atomic E-state index is -1.20. The zero-order valence-electron chi connectivity index (χ0n) is 16.2. The van der Waals surface area contributed by atoms with Gasteiger partial charge < -0.3 is 15.4 Å². The minimum absolute atomic E-state index is 0.0657. The molecule has 0 aromatic heterocycles. The van der Waals surface area contributed by atoms with Gasteiger partial charge in [0, 0.05) is 12.8 Å². The third kappa shape index (κ3) is 5.77. The number of halogens is 1. The average molecular weight is 378 g/mol. The molecule has 27 heavy (non-hydrogen) atoms. The molecule has 7 heteroatoms. The summed E-state index contributed by atoms with van der Waals surface area (Å²) in [6.07, 6.45) is 0.170. The monoisotopic (exact) mass is 378 g/mol. The van der Waals surface area contributed by atoms with Crippen LogP contribution in [0.1, 0.15) is 65.0 Å². The first kappa shape index (κ1) is 20.9. The molecular weight excluding hydrogens is 351 g/mol. The van der Waals surface area contributed by atoms with Crippen molar-refractivity contribution in [3.8, 4) is 0 Å². The van der Waals surface area contributed by atoms with E-state index in [2.05, 4.69) is 10.6 Å². The van der Waals surface area contributed by atoms with Gasteiger partial charge in [0.25, 0.3) is 0 Å². The van der Waals surface area contributed by atoms with Crippen molar-refractivity contribution >= 4 is 17.8 Å². The van der Waals surface area contributed by atoms with Gasteiger partial charge in [-0.3, -0.25) is 9.59 Å². The lowest BCUT2D eigenvalue weighted by atomic mass is 9.80. The maximum Gasteiger partial charge on any atom is 0.408 e. The van der Waals surface area contributed by atoms with Crippen LogP contribution in [0, 0.1) is 5.82 Å². The molecule has 2 N–H and O–H groups in total. The molecule has 1 fully saturated rings. The number of ether oxygens (including phenoxy) is 1. The Balaban J connectivity index is 2.14. The van der Waals surface area contributed by atoms with Gasteiger partial charge in [0.15, 0.2) is 0 Å². The quantitative estimate of drug-likeness (QED) is 0.841. The van der Waals surface area contributed by atoms with E-state index in [9.17, 15) is 18.8 Å². The summed E-state index contributed by atoms with van der Waals surface area (Å²) in [5.41, 5.74) is -1.16. The number of nitrogens with one attached hydrogen (secondary N) is 2. The van der Waals surface area contributed by atoms with Crippen LogP contribution in [0.3, 0.4) is 0 Å². The fourth-order valence-electron chi connectivity index (χ4n) is 3.03. The van der Waals surface area contributed by atoms with Crippen LogP contribution in [0.5, 0.6) is 0 Å². The number of carbonyl (C=O) groups is 3. The Hall–Kier alpha value is -2.44. The highest BCUT2D eigenvalue weighted by atomic mass is 19.1. The molecule has 0 aliphatic heterocycles. The predicted octanol–water partition coefficient (Wildman–Crippen LogP) is 3.41. The summed E-state index contributed by atoms with van der Waals surface area (Å²) < 4.78 is 18.4. The minimum Gasteiger partial charge on any atom is -0.444 e. The van der Waals surface area contributed by atoms with Crippen LogP contribution < -0.4 is 10.6 Å².